The molecule has 1 atom stereocenters. The van der Waals surface area contributed by atoms with Crippen LogP contribution in [0.15, 0.2) is 36.4 Å². The molecule has 2 rings (SSSR count). The van der Waals surface area contributed by atoms with Gasteiger partial charge in [0.25, 0.3) is 0 Å². The summed E-state index contributed by atoms with van der Waals surface area (Å²) in [6.07, 6.45) is 0. The van der Waals surface area contributed by atoms with Gasteiger partial charge in [-0.25, -0.2) is 4.39 Å². The molecule has 2 aromatic rings. The SMILES string of the molecule is COC(=O)C(C)c1cc(Oc2ccc(Cl)cc2F)ccc1O. The molecule has 0 spiro atoms. The Morgan fingerprint density at radius 2 is 2.00 bits per heavy atom. The van der Waals surface area contributed by atoms with Gasteiger partial charge in [-0.1, -0.05) is 11.6 Å². The third-order valence-electron chi connectivity index (χ3n) is 3.14. The van der Waals surface area contributed by atoms with Crippen LogP contribution in [0.1, 0.15) is 18.4 Å². The standard InChI is InChI=1S/C16H14ClFO4/c1-9(16(20)21-2)12-8-11(4-5-14(12)19)22-15-6-3-10(17)7-13(15)18/h3-9,19H,1-2H3. The number of halogens is 2. The molecule has 0 saturated heterocycles. The smallest absolute Gasteiger partial charge is 0.312 e. The third-order valence-corrected chi connectivity index (χ3v) is 3.38. The van der Waals surface area contributed by atoms with E-state index in [0.717, 1.165) is 6.07 Å². The predicted molar refractivity (Wildman–Crippen MR) is 80.0 cm³/mol. The summed E-state index contributed by atoms with van der Waals surface area (Å²) in [4.78, 5) is 11.6. The molecule has 22 heavy (non-hydrogen) atoms. The minimum Gasteiger partial charge on any atom is -0.508 e. The molecule has 0 saturated carbocycles. The van der Waals surface area contributed by atoms with Gasteiger partial charge in [-0.2, -0.15) is 0 Å². The Balaban J connectivity index is 2.31. The molecule has 0 amide bonds. The Hall–Kier alpha value is -2.27. The normalized spacial score (nSPS) is 11.8. The van der Waals surface area contributed by atoms with Crippen LogP contribution in [0.5, 0.6) is 17.2 Å². The van der Waals surface area contributed by atoms with Gasteiger partial charge in [-0.15, -0.1) is 0 Å². The lowest BCUT2D eigenvalue weighted by Gasteiger charge is -2.14. The number of phenolic OH excluding ortho intramolecular Hbond substituents is 1. The maximum absolute atomic E-state index is 13.7. The summed E-state index contributed by atoms with van der Waals surface area (Å²) in [5, 5.41) is 10.1. The first-order valence-corrected chi connectivity index (χ1v) is 6.84. The molecular formula is C16H14ClFO4. The maximum atomic E-state index is 13.7. The van der Waals surface area contributed by atoms with Gasteiger partial charge in [0.2, 0.25) is 0 Å². The summed E-state index contributed by atoms with van der Waals surface area (Å²) in [7, 11) is 1.26. The van der Waals surface area contributed by atoms with Crippen molar-refractivity contribution in [2.75, 3.05) is 7.11 Å². The van der Waals surface area contributed by atoms with Crippen molar-refractivity contribution in [2.45, 2.75) is 12.8 Å². The summed E-state index contributed by atoms with van der Waals surface area (Å²) in [5.41, 5.74) is 0.332. The molecule has 0 aliphatic carbocycles. The van der Waals surface area contributed by atoms with Crippen molar-refractivity contribution in [3.63, 3.8) is 0 Å². The zero-order chi connectivity index (χ0) is 16.3. The number of ether oxygens (including phenoxy) is 2. The van der Waals surface area contributed by atoms with E-state index in [0.29, 0.717) is 5.56 Å². The monoisotopic (exact) mass is 324 g/mol. The number of phenols is 1. The molecule has 0 bridgehead atoms. The molecule has 0 heterocycles. The van der Waals surface area contributed by atoms with Crippen molar-refractivity contribution in [3.8, 4) is 17.2 Å². The fourth-order valence-corrected chi connectivity index (χ4v) is 2.09. The zero-order valence-corrected chi connectivity index (χ0v) is 12.7. The Kier molecular flexibility index (Phi) is 4.88. The first-order chi connectivity index (χ1) is 10.4. The van der Waals surface area contributed by atoms with Crippen LogP contribution in [-0.4, -0.2) is 18.2 Å². The fourth-order valence-electron chi connectivity index (χ4n) is 1.93. The number of esters is 1. The van der Waals surface area contributed by atoms with Crippen LogP contribution in [0.25, 0.3) is 0 Å². The number of hydrogen-bond donors (Lipinski definition) is 1. The van der Waals surface area contributed by atoms with Crippen molar-refractivity contribution in [2.24, 2.45) is 0 Å². The molecule has 0 aliphatic rings. The molecular weight excluding hydrogens is 311 g/mol. The van der Waals surface area contributed by atoms with Crippen molar-refractivity contribution in [3.05, 3.63) is 52.8 Å². The van der Waals surface area contributed by atoms with Gasteiger partial charge in [0.15, 0.2) is 11.6 Å². The quantitative estimate of drug-likeness (QED) is 0.854. The molecule has 1 N–H and O–H groups in total. The van der Waals surface area contributed by atoms with Gasteiger partial charge in [-0.3, -0.25) is 4.79 Å². The van der Waals surface area contributed by atoms with Crippen LogP contribution < -0.4 is 4.74 Å². The number of carbonyl (C=O) groups is 1. The van der Waals surface area contributed by atoms with Gasteiger partial charge in [0, 0.05) is 10.6 Å². The minimum atomic E-state index is -0.677. The van der Waals surface area contributed by atoms with Crippen LogP contribution in [-0.2, 0) is 9.53 Å². The average Bonchev–Trinajstić information content (AvgIpc) is 2.50. The minimum absolute atomic E-state index is 0.00763. The van der Waals surface area contributed by atoms with Crippen molar-refractivity contribution < 1.29 is 23.8 Å². The van der Waals surface area contributed by atoms with E-state index in [9.17, 15) is 14.3 Å². The molecule has 2 aromatic carbocycles. The Labute approximate surface area is 132 Å². The number of carbonyl (C=O) groups excluding carboxylic acids is 1. The van der Waals surface area contributed by atoms with E-state index in [4.69, 9.17) is 16.3 Å². The van der Waals surface area contributed by atoms with Gasteiger partial charge in [0.05, 0.1) is 13.0 Å². The van der Waals surface area contributed by atoms with Crippen LogP contribution in [0.2, 0.25) is 5.02 Å². The molecule has 6 heteroatoms. The topological polar surface area (TPSA) is 55.8 Å². The third kappa shape index (κ3) is 3.49. The van der Waals surface area contributed by atoms with Crippen LogP contribution in [0, 0.1) is 5.82 Å². The van der Waals surface area contributed by atoms with Gasteiger partial charge < -0.3 is 14.6 Å². The highest BCUT2D eigenvalue weighted by Gasteiger charge is 2.20. The number of benzene rings is 2. The zero-order valence-electron chi connectivity index (χ0n) is 12.0. The lowest BCUT2D eigenvalue weighted by molar-refractivity contribution is -0.142. The lowest BCUT2D eigenvalue weighted by atomic mass is 10.00. The lowest BCUT2D eigenvalue weighted by Crippen LogP contribution is -2.11. The fraction of sp³-hybridized carbons (Fsp3) is 0.188. The molecule has 0 aliphatic heterocycles. The molecule has 4 nitrogen and oxygen atoms in total. The highest BCUT2D eigenvalue weighted by atomic mass is 35.5. The summed E-state index contributed by atoms with van der Waals surface area (Å²) in [6, 6.07) is 8.33. The highest BCUT2D eigenvalue weighted by molar-refractivity contribution is 6.30. The van der Waals surface area contributed by atoms with E-state index in [1.165, 1.54) is 37.4 Å². The van der Waals surface area contributed by atoms with E-state index >= 15 is 0 Å². The average molecular weight is 325 g/mol. The first kappa shape index (κ1) is 16.1. The van der Waals surface area contributed by atoms with E-state index in [1.807, 2.05) is 0 Å². The van der Waals surface area contributed by atoms with E-state index < -0.39 is 17.7 Å². The first-order valence-electron chi connectivity index (χ1n) is 6.46. The van der Waals surface area contributed by atoms with Crippen molar-refractivity contribution in [1.29, 1.82) is 0 Å². The predicted octanol–water partition coefficient (Wildman–Crippen LogP) is 4.25. The summed E-state index contributed by atoms with van der Waals surface area (Å²) < 4.78 is 23.8. The van der Waals surface area contributed by atoms with E-state index in [1.54, 1.807) is 6.92 Å². The largest absolute Gasteiger partial charge is 0.508 e. The summed E-state index contributed by atoms with van der Waals surface area (Å²) in [6.45, 7) is 1.59. The van der Waals surface area contributed by atoms with Gasteiger partial charge >= 0.3 is 5.97 Å². The van der Waals surface area contributed by atoms with Crippen molar-refractivity contribution in [1.82, 2.24) is 0 Å². The van der Waals surface area contributed by atoms with Gasteiger partial charge in [0.1, 0.15) is 11.5 Å². The molecule has 0 fully saturated rings. The molecule has 1 unspecified atom stereocenters. The maximum Gasteiger partial charge on any atom is 0.312 e. The second-order valence-corrected chi connectivity index (χ2v) is 5.08. The second-order valence-electron chi connectivity index (χ2n) is 4.64. The summed E-state index contributed by atoms with van der Waals surface area (Å²) in [5.74, 6) is -1.57. The van der Waals surface area contributed by atoms with Crippen LogP contribution in [0.3, 0.4) is 0 Å². The Morgan fingerprint density at radius 1 is 1.27 bits per heavy atom. The van der Waals surface area contributed by atoms with Gasteiger partial charge in [-0.05, 0) is 43.3 Å². The number of rotatable bonds is 4. The van der Waals surface area contributed by atoms with Crippen LogP contribution >= 0.6 is 11.6 Å². The Morgan fingerprint density at radius 3 is 2.64 bits per heavy atom. The Bertz CT molecular complexity index is 703. The molecule has 0 radical (unpaired) electrons. The van der Waals surface area contributed by atoms with Crippen molar-refractivity contribution >= 4 is 17.6 Å². The molecule has 0 aromatic heterocycles. The second kappa shape index (κ2) is 6.66. The number of hydrogen-bond acceptors (Lipinski definition) is 4. The van der Waals surface area contributed by atoms with E-state index in [-0.39, 0.29) is 22.3 Å². The van der Waals surface area contributed by atoms with Crippen LogP contribution in [0.4, 0.5) is 4.39 Å². The summed E-state index contributed by atoms with van der Waals surface area (Å²) >= 11 is 5.68. The van der Waals surface area contributed by atoms with E-state index in [2.05, 4.69) is 4.74 Å². The number of aromatic hydroxyl groups is 1. The molecule has 116 valence electrons. The highest BCUT2D eigenvalue weighted by Crippen LogP contribution is 2.33. The number of methoxy groups -OCH3 is 1.